The van der Waals surface area contributed by atoms with Crippen LogP contribution in [-0.2, 0) is 6.42 Å². The number of nitrogens with zero attached hydrogens (tertiary/aromatic N) is 4. The van der Waals surface area contributed by atoms with Gasteiger partial charge in [-0.1, -0.05) is 18.2 Å². The van der Waals surface area contributed by atoms with Crippen molar-refractivity contribution in [3.05, 3.63) is 53.6 Å². The van der Waals surface area contributed by atoms with Gasteiger partial charge in [0.1, 0.15) is 5.52 Å². The highest BCUT2D eigenvalue weighted by Crippen LogP contribution is 2.29. The fourth-order valence-electron chi connectivity index (χ4n) is 4.57. The van der Waals surface area contributed by atoms with Crippen molar-refractivity contribution in [3.63, 3.8) is 0 Å². The molecule has 1 saturated heterocycles. The van der Waals surface area contributed by atoms with Crippen molar-refractivity contribution >= 4 is 34.6 Å². The number of ether oxygens (including phenoxy) is 2. The summed E-state index contributed by atoms with van der Waals surface area (Å²) in [5.41, 5.74) is 4.81. The maximum atomic E-state index is 5.43. The lowest BCUT2D eigenvalue weighted by Gasteiger charge is -2.28. The van der Waals surface area contributed by atoms with Gasteiger partial charge in [-0.2, -0.15) is 15.0 Å². The van der Waals surface area contributed by atoms with Gasteiger partial charge < -0.3 is 30.0 Å². The third kappa shape index (κ3) is 5.30. The van der Waals surface area contributed by atoms with E-state index in [1.54, 1.807) is 14.2 Å². The highest BCUT2D eigenvalue weighted by molar-refractivity contribution is 5.87. The minimum atomic E-state index is 0.581. The van der Waals surface area contributed by atoms with Gasteiger partial charge in [0.25, 0.3) is 0 Å². The number of H-pyrrole nitrogens is 1. The number of hydrogen-bond acceptors (Lipinski definition) is 8. The molecule has 0 radical (unpaired) electrons. The van der Waals surface area contributed by atoms with E-state index in [0.29, 0.717) is 24.1 Å². The lowest BCUT2D eigenvalue weighted by Crippen LogP contribution is -2.30. The number of aromatic nitrogens is 4. The van der Waals surface area contributed by atoms with Crippen LogP contribution in [0.5, 0.6) is 11.5 Å². The van der Waals surface area contributed by atoms with E-state index < -0.39 is 0 Å². The molecule has 1 aliphatic heterocycles. The quantitative estimate of drug-likeness (QED) is 0.301. The number of piperidine rings is 1. The van der Waals surface area contributed by atoms with Crippen molar-refractivity contribution in [1.82, 2.24) is 19.9 Å². The molecule has 0 amide bonds. The number of fused-ring (bicyclic) bond motifs is 1. The first-order valence-corrected chi connectivity index (χ1v) is 12.4. The molecule has 0 aliphatic carbocycles. The van der Waals surface area contributed by atoms with E-state index >= 15 is 0 Å². The smallest absolute Gasteiger partial charge is 0.226 e. The van der Waals surface area contributed by atoms with E-state index in [-0.39, 0.29) is 0 Å². The summed E-state index contributed by atoms with van der Waals surface area (Å²) in [5.74, 6) is 3.59. The first-order chi connectivity index (χ1) is 17.6. The third-order valence-corrected chi connectivity index (χ3v) is 6.41. The van der Waals surface area contributed by atoms with E-state index in [2.05, 4.69) is 39.6 Å². The molecule has 36 heavy (non-hydrogen) atoms. The van der Waals surface area contributed by atoms with Gasteiger partial charge in [0.05, 0.1) is 14.2 Å². The molecule has 3 N–H and O–H groups in total. The Balaban J connectivity index is 1.38. The highest BCUT2D eigenvalue weighted by atomic mass is 16.5. The fourth-order valence-corrected chi connectivity index (χ4v) is 4.57. The standard InChI is InChI=1S/C27H33N7O2/c1-18-8-7-9-20(16-18)29-27-30-23-24(32-27)31-26(33-25(23)34-14-5-4-6-15-34)28-13-12-19-10-11-21(35-2)22(17-19)36-3/h7-11,16-17H,4-6,12-15H2,1-3H3,(H3,28,29,30,31,32,33). The molecule has 2 aromatic heterocycles. The minimum absolute atomic E-state index is 0.581. The van der Waals surface area contributed by atoms with Crippen LogP contribution in [0.2, 0.25) is 0 Å². The topological polar surface area (TPSA) is 100 Å². The molecule has 9 heteroatoms. The lowest BCUT2D eigenvalue weighted by atomic mass is 10.1. The van der Waals surface area contributed by atoms with Crippen LogP contribution in [0.25, 0.3) is 11.2 Å². The zero-order chi connectivity index (χ0) is 24.9. The summed E-state index contributed by atoms with van der Waals surface area (Å²) >= 11 is 0. The first kappa shape index (κ1) is 23.7. The van der Waals surface area contributed by atoms with Crippen LogP contribution in [0.3, 0.4) is 0 Å². The van der Waals surface area contributed by atoms with Gasteiger partial charge in [-0.15, -0.1) is 0 Å². The van der Waals surface area contributed by atoms with E-state index in [1.165, 1.54) is 12.0 Å². The van der Waals surface area contributed by atoms with Crippen molar-refractivity contribution in [2.24, 2.45) is 0 Å². The van der Waals surface area contributed by atoms with Crippen LogP contribution in [0.15, 0.2) is 42.5 Å². The number of nitrogens with one attached hydrogen (secondary N) is 3. The summed E-state index contributed by atoms with van der Waals surface area (Å²) in [4.78, 5) is 20.1. The number of imidazole rings is 1. The minimum Gasteiger partial charge on any atom is -0.493 e. The molecule has 3 heterocycles. The second-order valence-electron chi connectivity index (χ2n) is 9.06. The van der Waals surface area contributed by atoms with Gasteiger partial charge in [0, 0.05) is 25.3 Å². The van der Waals surface area contributed by atoms with Crippen molar-refractivity contribution < 1.29 is 9.47 Å². The average molecular weight is 488 g/mol. The number of hydrogen-bond donors (Lipinski definition) is 3. The predicted molar refractivity (Wildman–Crippen MR) is 144 cm³/mol. The van der Waals surface area contributed by atoms with Crippen molar-refractivity contribution in [2.45, 2.75) is 32.6 Å². The second kappa shape index (κ2) is 10.7. The van der Waals surface area contributed by atoms with E-state index in [1.807, 2.05) is 30.3 Å². The zero-order valence-electron chi connectivity index (χ0n) is 21.1. The van der Waals surface area contributed by atoms with Gasteiger partial charge in [0.15, 0.2) is 23.0 Å². The van der Waals surface area contributed by atoms with Gasteiger partial charge >= 0.3 is 0 Å². The fraction of sp³-hybridized carbons (Fsp3) is 0.370. The largest absolute Gasteiger partial charge is 0.493 e. The second-order valence-corrected chi connectivity index (χ2v) is 9.06. The number of benzene rings is 2. The SMILES string of the molecule is COc1ccc(CCNc2nc(N3CCCCC3)c3[nH]c(Nc4cccc(C)c4)nc3n2)cc1OC. The normalized spacial score (nSPS) is 13.6. The Labute approximate surface area is 211 Å². The number of rotatable bonds is 9. The Hall–Kier alpha value is -4.01. The number of aromatic amines is 1. The Morgan fingerprint density at radius 2 is 1.78 bits per heavy atom. The predicted octanol–water partition coefficient (Wildman–Crippen LogP) is 5.07. The summed E-state index contributed by atoms with van der Waals surface area (Å²) in [5, 5.41) is 6.78. The molecule has 0 atom stereocenters. The molecule has 0 saturated carbocycles. The third-order valence-electron chi connectivity index (χ3n) is 6.41. The van der Waals surface area contributed by atoms with Crippen LogP contribution in [-0.4, -0.2) is 53.8 Å². The number of methoxy groups -OCH3 is 2. The molecule has 1 fully saturated rings. The Kier molecular flexibility index (Phi) is 7.06. The van der Waals surface area contributed by atoms with Crippen molar-refractivity contribution in [1.29, 1.82) is 0 Å². The highest BCUT2D eigenvalue weighted by Gasteiger charge is 2.20. The summed E-state index contributed by atoms with van der Waals surface area (Å²) in [7, 11) is 3.29. The van der Waals surface area contributed by atoms with Crippen LogP contribution in [0, 0.1) is 6.92 Å². The summed E-state index contributed by atoms with van der Waals surface area (Å²) in [6, 6.07) is 14.2. The van der Waals surface area contributed by atoms with Gasteiger partial charge in [-0.25, -0.2) is 0 Å². The first-order valence-electron chi connectivity index (χ1n) is 12.4. The van der Waals surface area contributed by atoms with Crippen LogP contribution >= 0.6 is 0 Å². The zero-order valence-corrected chi connectivity index (χ0v) is 21.1. The molecule has 2 aromatic carbocycles. The summed E-state index contributed by atoms with van der Waals surface area (Å²) in [6.07, 6.45) is 4.37. The molecule has 5 rings (SSSR count). The molecule has 0 bridgehead atoms. The van der Waals surface area contributed by atoms with Gasteiger partial charge in [0.2, 0.25) is 11.9 Å². The van der Waals surface area contributed by atoms with E-state index in [4.69, 9.17) is 24.4 Å². The van der Waals surface area contributed by atoms with Crippen molar-refractivity contribution in [3.8, 4) is 11.5 Å². The van der Waals surface area contributed by atoms with Gasteiger partial charge in [-0.05, 0) is 68.0 Å². The van der Waals surface area contributed by atoms with Crippen LogP contribution in [0.4, 0.5) is 23.4 Å². The lowest BCUT2D eigenvalue weighted by molar-refractivity contribution is 0.354. The molecule has 1 aliphatic rings. The van der Waals surface area contributed by atoms with Crippen molar-refractivity contribution in [2.75, 3.05) is 49.4 Å². The molecular formula is C27H33N7O2. The average Bonchev–Trinajstić information content (AvgIpc) is 3.30. The number of aryl methyl sites for hydroxylation is 1. The molecule has 4 aromatic rings. The van der Waals surface area contributed by atoms with E-state index in [9.17, 15) is 0 Å². The Morgan fingerprint density at radius 1 is 0.944 bits per heavy atom. The summed E-state index contributed by atoms with van der Waals surface area (Å²) < 4.78 is 10.8. The maximum absolute atomic E-state index is 5.43. The molecule has 188 valence electrons. The molecule has 0 unspecified atom stereocenters. The number of anilines is 4. The van der Waals surface area contributed by atoms with E-state index in [0.717, 1.165) is 66.4 Å². The molecular weight excluding hydrogens is 454 g/mol. The van der Waals surface area contributed by atoms with Crippen LogP contribution < -0.4 is 25.0 Å². The van der Waals surface area contributed by atoms with Crippen LogP contribution in [0.1, 0.15) is 30.4 Å². The Bertz CT molecular complexity index is 1330. The Morgan fingerprint density at radius 3 is 2.56 bits per heavy atom. The maximum Gasteiger partial charge on any atom is 0.226 e. The summed E-state index contributed by atoms with van der Waals surface area (Å²) in [6.45, 7) is 4.72. The van der Waals surface area contributed by atoms with Gasteiger partial charge in [-0.3, -0.25) is 0 Å². The molecule has 9 nitrogen and oxygen atoms in total. The molecule has 0 spiro atoms. The monoisotopic (exact) mass is 487 g/mol.